The zero-order chi connectivity index (χ0) is 16.2. The van der Waals surface area contributed by atoms with E-state index in [2.05, 4.69) is 12.2 Å². The summed E-state index contributed by atoms with van der Waals surface area (Å²) >= 11 is 0. The second kappa shape index (κ2) is 21.6. The summed E-state index contributed by atoms with van der Waals surface area (Å²) in [5.41, 5.74) is 10.3. The van der Waals surface area contributed by atoms with Crippen LogP contribution in [0.1, 0.15) is 71.1 Å². The Hall–Kier alpha value is -0.650. The third-order valence-corrected chi connectivity index (χ3v) is 3.14. The van der Waals surface area contributed by atoms with E-state index in [1.54, 1.807) is 0 Å². The molecule has 0 atom stereocenters. The zero-order valence-corrected chi connectivity index (χ0v) is 13.9. The Bertz CT molecular complexity index is 198. The van der Waals surface area contributed by atoms with Gasteiger partial charge in [-0.15, -0.1) is 0 Å². The number of carbonyl (C=O) groups is 1. The second-order valence-corrected chi connectivity index (χ2v) is 5.30. The topological polar surface area (TPSA) is 101 Å². The fraction of sp³-hybridized carbons (Fsp3) is 0.938. The molecular formula is C16H37N3O2. The largest absolute Gasteiger partial charge is 0.481 e. The molecule has 0 heterocycles. The molecule has 5 nitrogen and oxygen atoms in total. The van der Waals surface area contributed by atoms with Crippen LogP contribution in [0.25, 0.3) is 0 Å². The first-order chi connectivity index (χ1) is 10.2. The lowest BCUT2D eigenvalue weighted by molar-refractivity contribution is -0.137. The third kappa shape index (κ3) is 28.3. The van der Waals surface area contributed by atoms with E-state index in [1.165, 1.54) is 44.9 Å². The number of unbranched alkanes of at least 4 members (excludes halogenated alkanes) is 8. The van der Waals surface area contributed by atoms with Crippen molar-refractivity contribution in [2.45, 2.75) is 71.1 Å². The lowest BCUT2D eigenvalue weighted by Crippen LogP contribution is -2.27. The van der Waals surface area contributed by atoms with Gasteiger partial charge in [0.25, 0.3) is 0 Å². The predicted molar refractivity (Wildman–Crippen MR) is 90.5 cm³/mol. The number of carboxylic acid groups (broad SMARTS) is 1. The number of hydrogen-bond acceptors (Lipinski definition) is 4. The molecule has 5 heteroatoms. The van der Waals surface area contributed by atoms with Crippen LogP contribution in [0.4, 0.5) is 0 Å². The van der Waals surface area contributed by atoms with Gasteiger partial charge in [-0.1, -0.05) is 58.3 Å². The smallest absolute Gasteiger partial charge is 0.303 e. The standard InChI is InChI=1S/C12H24O2.C4H13N3/c1-2-3-4-5-6-7-8-9-10-11-12(13)14;5-1-3-7-4-2-6/h2-11H2,1H3,(H,13,14);7H,1-6H2. The number of carboxylic acids is 1. The molecule has 128 valence electrons. The number of nitrogens with one attached hydrogen (secondary N) is 1. The number of rotatable bonds is 14. The summed E-state index contributed by atoms with van der Waals surface area (Å²) in [5, 5.41) is 11.4. The average Bonchev–Trinajstić information content (AvgIpc) is 2.46. The first-order valence-corrected chi connectivity index (χ1v) is 8.51. The highest BCUT2D eigenvalue weighted by Gasteiger charge is 1.96. The third-order valence-electron chi connectivity index (χ3n) is 3.14. The van der Waals surface area contributed by atoms with Gasteiger partial charge < -0.3 is 21.9 Å². The number of hydrogen-bond donors (Lipinski definition) is 4. The van der Waals surface area contributed by atoms with Crippen LogP contribution >= 0.6 is 0 Å². The monoisotopic (exact) mass is 303 g/mol. The summed E-state index contributed by atoms with van der Waals surface area (Å²) in [6.07, 6.45) is 11.5. The van der Waals surface area contributed by atoms with Gasteiger partial charge in [-0.05, 0) is 6.42 Å². The van der Waals surface area contributed by atoms with Crippen LogP contribution in [-0.2, 0) is 4.79 Å². The van der Waals surface area contributed by atoms with Crippen molar-refractivity contribution in [3.8, 4) is 0 Å². The first kappa shape index (κ1) is 22.6. The number of nitrogens with two attached hydrogens (primary N) is 2. The molecule has 6 N–H and O–H groups in total. The van der Waals surface area contributed by atoms with Crippen LogP contribution in [0, 0.1) is 0 Å². The van der Waals surface area contributed by atoms with Crippen molar-refractivity contribution in [2.75, 3.05) is 26.2 Å². The summed E-state index contributed by atoms with van der Waals surface area (Å²) in [7, 11) is 0. The zero-order valence-electron chi connectivity index (χ0n) is 13.9. The molecule has 0 aliphatic carbocycles. The quantitative estimate of drug-likeness (QED) is 0.369. The molecule has 0 bridgehead atoms. The molecule has 0 unspecified atom stereocenters. The van der Waals surface area contributed by atoms with Crippen LogP contribution in [0.3, 0.4) is 0 Å². The molecule has 0 amide bonds. The van der Waals surface area contributed by atoms with E-state index < -0.39 is 5.97 Å². The summed E-state index contributed by atoms with van der Waals surface area (Å²) in [6.45, 7) is 5.36. The van der Waals surface area contributed by atoms with Crippen molar-refractivity contribution in [1.29, 1.82) is 0 Å². The molecule has 0 aliphatic heterocycles. The van der Waals surface area contributed by atoms with Crippen LogP contribution in [0.2, 0.25) is 0 Å². The predicted octanol–water partition coefficient (Wildman–Crippen LogP) is 2.49. The molecule has 0 aromatic rings. The lowest BCUT2D eigenvalue weighted by atomic mass is 10.1. The minimum absolute atomic E-state index is 0.343. The molecule has 0 rings (SSSR count). The highest BCUT2D eigenvalue weighted by Crippen LogP contribution is 2.10. The Kier molecular flexibility index (Phi) is 23.3. The maximum atomic E-state index is 10.2. The van der Waals surface area contributed by atoms with E-state index in [1.807, 2.05) is 0 Å². The normalized spacial score (nSPS) is 10.0. The van der Waals surface area contributed by atoms with Crippen LogP contribution in [-0.4, -0.2) is 37.3 Å². The first-order valence-electron chi connectivity index (χ1n) is 8.51. The van der Waals surface area contributed by atoms with Gasteiger partial charge in [0.15, 0.2) is 0 Å². The summed E-state index contributed by atoms with van der Waals surface area (Å²) in [5.74, 6) is -0.659. The van der Waals surface area contributed by atoms with Crippen molar-refractivity contribution in [1.82, 2.24) is 5.32 Å². The van der Waals surface area contributed by atoms with Crippen LogP contribution < -0.4 is 16.8 Å². The van der Waals surface area contributed by atoms with Crippen molar-refractivity contribution in [2.24, 2.45) is 11.5 Å². The van der Waals surface area contributed by atoms with Gasteiger partial charge >= 0.3 is 5.97 Å². The highest BCUT2D eigenvalue weighted by molar-refractivity contribution is 5.66. The van der Waals surface area contributed by atoms with E-state index in [4.69, 9.17) is 16.6 Å². The van der Waals surface area contributed by atoms with E-state index in [-0.39, 0.29) is 0 Å². The molecule has 0 aliphatic rings. The van der Waals surface area contributed by atoms with Gasteiger partial charge in [0.2, 0.25) is 0 Å². The van der Waals surface area contributed by atoms with Crippen molar-refractivity contribution in [3.05, 3.63) is 0 Å². The van der Waals surface area contributed by atoms with Gasteiger partial charge in [0.1, 0.15) is 0 Å². The Morgan fingerprint density at radius 3 is 1.67 bits per heavy atom. The highest BCUT2D eigenvalue weighted by atomic mass is 16.4. The SMILES string of the molecule is CCCCCCCCCCCC(=O)O.NCCNCCN. The van der Waals surface area contributed by atoms with E-state index in [0.29, 0.717) is 19.5 Å². The van der Waals surface area contributed by atoms with Crippen molar-refractivity contribution in [3.63, 3.8) is 0 Å². The minimum atomic E-state index is -0.659. The average molecular weight is 303 g/mol. The molecule has 0 radical (unpaired) electrons. The summed E-state index contributed by atoms with van der Waals surface area (Å²) < 4.78 is 0. The maximum absolute atomic E-state index is 10.2. The van der Waals surface area contributed by atoms with E-state index in [0.717, 1.165) is 25.9 Å². The maximum Gasteiger partial charge on any atom is 0.303 e. The van der Waals surface area contributed by atoms with Gasteiger partial charge in [-0.25, -0.2) is 0 Å². The van der Waals surface area contributed by atoms with Gasteiger partial charge in [0.05, 0.1) is 0 Å². The molecule has 21 heavy (non-hydrogen) atoms. The molecule has 0 aromatic carbocycles. The molecule has 0 aromatic heterocycles. The lowest BCUT2D eigenvalue weighted by Gasteiger charge is -2.00. The molecule has 0 saturated carbocycles. The molecular weight excluding hydrogens is 266 g/mol. The van der Waals surface area contributed by atoms with Crippen LogP contribution in [0.5, 0.6) is 0 Å². The second-order valence-electron chi connectivity index (χ2n) is 5.30. The summed E-state index contributed by atoms with van der Waals surface area (Å²) in [6, 6.07) is 0. The Morgan fingerprint density at radius 1 is 0.857 bits per heavy atom. The van der Waals surface area contributed by atoms with E-state index in [9.17, 15) is 4.79 Å². The van der Waals surface area contributed by atoms with Gasteiger partial charge in [-0.3, -0.25) is 4.79 Å². The fourth-order valence-electron chi connectivity index (χ4n) is 1.92. The molecule has 0 spiro atoms. The van der Waals surface area contributed by atoms with E-state index >= 15 is 0 Å². The fourth-order valence-corrected chi connectivity index (χ4v) is 1.92. The molecule has 0 fully saturated rings. The van der Waals surface area contributed by atoms with Gasteiger partial charge in [0, 0.05) is 32.6 Å². The molecule has 0 saturated heterocycles. The van der Waals surface area contributed by atoms with Crippen molar-refractivity contribution < 1.29 is 9.90 Å². The van der Waals surface area contributed by atoms with Crippen LogP contribution in [0.15, 0.2) is 0 Å². The van der Waals surface area contributed by atoms with Gasteiger partial charge in [-0.2, -0.15) is 0 Å². The number of aliphatic carboxylic acids is 1. The Labute approximate surface area is 130 Å². The Morgan fingerprint density at radius 2 is 1.29 bits per heavy atom. The Balaban J connectivity index is 0. The summed E-state index contributed by atoms with van der Waals surface area (Å²) in [4.78, 5) is 10.2. The minimum Gasteiger partial charge on any atom is -0.481 e. The van der Waals surface area contributed by atoms with Crippen molar-refractivity contribution >= 4 is 5.97 Å².